The lowest BCUT2D eigenvalue weighted by molar-refractivity contribution is -0.131. The molecule has 0 saturated heterocycles. The van der Waals surface area contributed by atoms with Crippen molar-refractivity contribution < 1.29 is 9.90 Å². The predicted octanol–water partition coefficient (Wildman–Crippen LogP) is 3.00. The number of rotatable bonds is 2. The number of fused-ring (bicyclic) bond motifs is 1. The number of benzene rings is 1. The molecule has 0 atom stereocenters. The predicted molar refractivity (Wildman–Crippen MR) is 58.5 cm³/mol. The number of hydrogen-bond donors (Lipinski definition) is 1. The fraction of sp³-hybridized carbons (Fsp3) is 0. The Morgan fingerprint density at radius 3 is 2.93 bits per heavy atom. The van der Waals surface area contributed by atoms with Crippen LogP contribution in [0.1, 0.15) is 5.56 Å². The standard InChI is InChI=1S/C11H8O2S/c12-11(13)6-5-8-7-14-10-4-2-1-3-9(8)10/h1-7H,(H,12,13)/b6-5+. The Morgan fingerprint density at radius 2 is 2.14 bits per heavy atom. The molecular formula is C11H8O2S. The van der Waals surface area contributed by atoms with E-state index in [9.17, 15) is 4.79 Å². The van der Waals surface area contributed by atoms with Crippen LogP contribution in [-0.4, -0.2) is 11.1 Å². The van der Waals surface area contributed by atoms with Gasteiger partial charge in [-0.3, -0.25) is 0 Å². The molecule has 2 rings (SSSR count). The second-order valence-corrected chi connectivity index (χ2v) is 3.77. The van der Waals surface area contributed by atoms with Gasteiger partial charge in [0.1, 0.15) is 0 Å². The van der Waals surface area contributed by atoms with Crippen LogP contribution in [-0.2, 0) is 4.79 Å². The number of carboxylic acids is 1. The molecule has 70 valence electrons. The molecule has 1 aromatic heterocycles. The molecule has 0 amide bonds. The molecule has 0 aliphatic carbocycles. The van der Waals surface area contributed by atoms with Crippen LogP contribution in [0.25, 0.3) is 16.2 Å². The lowest BCUT2D eigenvalue weighted by atomic mass is 10.2. The van der Waals surface area contributed by atoms with E-state index in [2.05, 4.69) is 0 Å². The van der Waals surface area contributed by atoms with E-state index in [1.165, 1.54) is 4.70 Å². The van der Waals surface area contributed by atoms with Crippen molar-refractivity contribution in [1.82, 2.24) is 0 Å². The van der Waals surface area contributed by atoms with E-state index in [1.807, 2.05) is 29.6 Å². The molecule has 1 heterocycles. The summed E-state index contributed by atoms with van der Waals surface area (Å²) in [6.07, 6.45) is 2.79. The molecule has 0 aliphatic heterocycles. The van der Waals surface area contributed by atoms with Gasteiger partial charge in [-0.05, 0) is 28.5 Å². The molecule has 2 nitrogen and oxygen atoms in total. The SMILES string of the molecule is O=C(O)/C=C/c1csc2ccccc12. The van der Waals surface area contributed by atoms with Crippen molar-refractivity contribution in [2.75, 3.05) is 0 Å². The van der Waals surface area contributed by atoms with Gasteiger partial charge in [0.15, 0.2) is 0 Å². The molecule has 0 radical (unpaired) electrons. The zero-order chi connectivity index (χ0) is 9.97. The van der Waals surface area contributed by atoms with E-state index < -0.39 is 5.97 Å². The second-order valence-electron chi connectivity index (χ2n) is 2.86. The van der Waals surface area contributed by atoms with Crippen molar-refractivity contribution in [2.24, 2.45) is 0 Å². The Kier molecular flexibility index (Phi) is 2.33. The summed E-state index contributed by atoms with van der Waals surface area (Å²) in [5.74, 6) is -0.916. The average Bonchev–Trinajstić information content (AvgIpc) is 2.58. The van der Waals surface area contributed by atoms with Gasteiger partial charge in [-0.2, -0.15) is 0 Å². The molecule has 0 spiro atoms. The zero-order valence-electron chi connectivity index (χ0n) is 7.31. The fourth-order valence-corrected chi connectivity index (χ4v) is 2.22. The molecular weight excluding hydrogens is 196 g/mol. The van der Waals surface area contributed by atoms with Crippen LogP contribution in [0.5, 0.6) is 0 Å². The van der Waals surface area contributed by atoms with E-state index in [1.54, 1.807) is 17.4 Å². The number of aliphatic carboxylic acids is 1. The number of carbonyl (C=O) groups is 1. The van der Waals surface area contributed by atoms with E-state index in [0.29, 0.717) is 0 Å². The smallest absolute Gasteiger partial charge is 0.328 e. The van der Waals surface area contributed by atoms with Gasteiger partial charge in [0, 0.05) is 10.8 Å². The molecule has 0 fully saturated rings. The van der Waals surface area contributed by atoms with E-state index in [0.717, 1.165) is 17.0 Å². The molecule has 2 aromatic rings. The third-order valence-corrected chi connectivity index (χ3v) is 2.90. The maximum Gasteiger partial charge on any atom is 0.328 e. The summed E-state index contributed by atoms with van der Waals surface area (Å²) in [4.78, 5) is 10.3. The molecule has 3 heteroatoms. The summed E-state index contributed by atoms with van der Waals surface area (Å²) < 4.78 is 1.18. The van der Waals surface area contributed by atoms with Crippen LogP contribution in [0.2, 0.25) is 0 Å². The summed E-state index contributed by atoms with van der Waals surface area (Å²) in [6, 6.07) is 7.95. The van der Waals surface area contributed by atoms with Crippen LogP contribution < -0.4 is 0 Å². The van der Waals surface area contributed by atoms with Gasteiger partial charge >= 0.3 is 5.97 Å². The molecule has 14 heavy (non-hydrogen) atoms. The molecule has 1 aromatic carbocycles. The highest BCUT2D eigenvalue weighted by Gasteiger charge is 1.99. The Labute approximate surface area is 85.1 Å². The maximum absolute atomic E-state index is 10.3. The number of carboxylic acid groups (broad SMARTS) is 1. The minimum Gasteiger partial charge on any atom is -0.478 e. The first-order chi connectivity index (χ1) is 6.77. The highest BCUT2D eigenvalue weighted by molar-refractivity contribution is 7.17. The summed E-state index contributed by atoms with van der Waals surface area (Å²) in [5.41, 5.74) is 0.966. The topological polar surface area (TPSA) is 37.3 Å². The molecule has 0 saturated carbocycles. The van der Waals surface area contributed by atoms with Gasteiger partial charge in [-0.15, -0.1) is 11.3 Å². The minimum atomic E-state index is -0.916. The van der Waals surface area contributed by atoms with Crippen molar-refractivity contribution >= 4 is 33.5 Å². The summed E-state index contributed by atoms with van der Waals surface area (Å²) in [5, 5.41) is 11.6. The van der Waals surface area contributed by atoms with Crippen LogP contribution >= 0.6 is 11.3 Å². The summed E-state index contributed by atoms with van der Waals surface area (Å²) in [6.45, 7) is 0. The summed E-state index contributed by atoms with van der Waals surface area (Å²) >= 11 is 1.62. The van der Waals surface area contributed by atoms with Crippen molar-refractivity contribution in [1.29, 1.82) is 0 Å². The highest BCUT2D eigenvalue weighted by Crippen LogP contribution is 2.26. The molecule has 0 aliphatic rings. The highest BCUT2D eigenvalue weighted by atomic mass is 32.1. The van der Waals surface area contributed by atoms with E-state index >= 15 is 0 Å². The van der Waals surface area contributed by atoms with Crippen molar-refractivity contribution in [3.05, 3.63) is 41.3 Å². The number of thiophene rings is 1. The Balaban J connectivity index is 2.48. The zero-order valence-corrected chi connectivity index (χ0v) is 8.12. The molecule has 0 bridgehead atoms. The Bertz CT molecular complexity index is 497. The van der Waals surface area contributed by atoms with Crippen molar-refractivity contribution in [2.45, 2.75) is 0 Å². The molecule has 1 N–H and O–H groups in total. The van der Waals surface area contributed by atoms with Crippen LogP contribution in [0, 0.1) is 0 Å². The largest absolute Gasteiger partial charge is 0.478 e. The average molecular weight is 204 g/mol. The van der Waals surface area contributed by atoms with Gasteiger partial charge in [0.05, 0.1) is 0 Å². The van der Waals surface area contributed by atoms with Gasteiger partial charge in [0.2, 0.25) is 0 Å². The third-order valence-electron chi connectivity index (χ3n) is 1.92. The van der Waals surface area contributed by atoms with Crippen LogP contribution in [0.4, 0.5) is 0 Å². The quantitative estimate of drug-likeness (QED) is 0.763. The first-order valence-corrected chi connectivity index (χ1v) is 5.02. The van der Waals surface area contributed by atoms with Gasteiger partial charge < -0.3 is 5.11 Å². The van der Waals surface area contributed by atoms with Crippen molar-refractivity contribution in [3.63, 3.8) is 0 Å². The van der Waals surface area contributed by atoms with E-state index in [-0.39, 0.29) is 0 Å². The van der Waals surface area contributed by atoms with Gasteiger partial charge in [-0.25, -0.2) is 4.79 Å². The summed E-state index contributed by atoms with van der Waals surface area (Å²) in [7, 11) is 0. The fourth-order valence-electron chi connectivity index (χ4n) is 1.29. The maximum atomic E-state index is 10.3. The first-order valence-electron chi connectivity index (χ1n) is 4.14. The first kappa shape index (κ1) is 8.97. The van der Waals surface area contributed by atoms with E-state index in [4.69, 9.17) is 5.11 Å². The number of hydrogen-bond acceptors (Lipinski definition) is 2. The third kappa shape index (κ3) is 1.67. The van der Waals surface area contributed by atoms with Crippen molar-refractivity contribution in [3.8, 4) is 0 Å². The minimum absolute atomic E-state index is 0.916. The van der Waals surface area contributed by atoms with Gasteiger partial charge in [0.25, 0.3) is 0 Å². The normalized spacial score (nSPS) is 11.1. The Morgan fingerprint density at radius 1 is 1.36 bits per heavy atom. The van der Waals surface area contributed by atoms with Gasteiger partial charge in [-0.1, -0.05) is 18.2 Å². The monoisotopic (exact) mass is 204 g/mol. The molecule has 0 unspecified atom stereocenters. The lowest BCUT2D eigenvalue weighted by Crippen LogP contribution is -1.84. The second kappa shape index (κ2) is 3.64. The van der Waals surface area contributed by atoms with Crippen LogP contribution in [0.3, 0.4) is 0 Å². The Hall–Kier alpha value is -1.61. The van der Waals surface area contributed by atoms with Crippen LogP contribution in [0.15, 0.2) is 35.7 Å². The lowest BCUT2D eigenvalue weighted by Gasteiger charge is -1.89.